The molecule has 136 valence electrons. The first kappa shape index (κ1) is 18.5. The molecule has 2 aromatic rings. The molecular formula is C19H19Cl2N3O2. The Morgan fingerprint density at radius 3 is 2.19 bits per heavy atom. The van der Waals surface area contributed by atoms with Crippen LogP contribution in [0.2, 0.25) is 10.0 Å². The van der Waals surface area contributed by atoms with E-state index in [0.717, 1.165) is 18.8 Å². The highest BCUT2D eigenvalue weighted by Gasteiger charge is 2.20. The molecule has 1 fully saturated rings. The van der Waals surface area contributed by atoms with Crippen molar-refractivity contribution in [3.63, 3.8) is 0 Å². The van der Waals surface area contributed by atoms with E-state index in [0.29, 0.717) is 34.4 Å². The van der Waals surface area contributed by atoms with E-state index in [1.807, 2.05) is 17.0 Å². The lowest BCUT2D eigenvalue weighted by Crippen LogP contribution is -2.48. The molecule has 1 saturated heterocycles. The maximum Gasteiger partial charge on any atom is 0.255 e. The summed E-state index contributed by atoms with van der Waals surface area (Å²) in [7, 11) is 0. The zero-order valence-electron chi connectivity index (χ0n) is 14.3. The van der Waals surface area contributed by atoms with Crippen molar-refractivity contribution in [2.24, 2.45) is 0 Å². The highest BCUT2D eigenvalue weighted by atomic mass is 35.5. The number of hydrogen-bond donors (Lipinski definition) is 1. The number of nitrogens with zero attached hydrogens (tertiary/aromatic N) is 2. The van der Waals surface area contributed by atoms with E-state index in [-0.39, 0.29) is 11.8 Å². The number of carbonyl (C=O) groups is 2. The van der Waals surface area contributed by atoms with Gasteiger partial charge in [-0.2, -0.15) is 0 Å². The summed E-state index contributed by atoms with van der Waals surface area (Å²) in [5.74, 6) is -0.128. The van der Waals surface area contributed by atoms with Crippen LogP contribution in [0.4, 0.5) is 11.4 Å². The van der Waals surface area contributed by atoms with Crippen molar-refractivity contribution in [1.82, 2.24) is 4.90 Å². The van der Waals surface area contributed by atoms with Crippen molar-refractivity contribution in [1.29, 1.82) is 0 Å². The zero-order chi connectivity index (χ0) is 18.7. The maximum atomic E-state index is 12.3. The van der Waals surface area contributed by atoms with Gasteiger partial charge < -0.3 is 15.1 Å². The van der Waals surface area contributed by atoms with Gasteiger partial charge in [0.1, 0.15) is 0 Å². The lowest BCUT2D eigenvalue weighted by Gasteiger charge is -2.36. The summed E-state index contributed by atoms with van der Waals surface area (Å²) < 4.78 is 0. The van der Waals surface area contributed by atoms with Crippen LogP contribution < -0.4 is 10.2 Å². The van der Waals surface area contributed by atoms with Gasteiger partial charge in [0.25, 0.3) is 5.91 Å². The van der Waals surface area contributed by atoms with E-state index >= 15 is 0 Å². The normalized spacial score (nSPS) is 14.3. The number of hydrogen-bond acceptors (Lipinski definition) is 3. The number of rotatable bonds is 3. The largest absolute Gasteiger partial charge is 0.367 e. The standard InChI is InChI=1S/C19H19Cl2N3O2/c1-13(25)23-8-10-24(11-9-23)18-7-6-16(12-17(18)21)22-19(26)14-2-4-15(20)5-3-14/h2-7,12H,8-11H2,1H3,(H,22,26). The first-order chi connectivity index (χ1) is 12.4. The molecule has 0 bridgehead atoms. The Kier molecular flexibility index (Phi) is 5.69. The molecule has 5 nitrogen and oxygen atoms in total. The van der Waals surface area contributed by atoms with Gasteiger partial charge in [-0.1, -0.05) is 23.2 Å². The molecule has 2 amide bonds. The number of halogens is 2. The Morgan fingerprint density at radius 1 is 0.962 bits per heavy atom. The van der Waals surface area contributed by atoms with Crippen molar-refractivity contribution in [3.8, 4) is 0 Å². The SMILES string of the molecule is CC(=O)N1CCN(c2ccc(NC(=O)c3ccc(Cl)cc3)cc2Cl)CC1. The Balaban J connectivity index is 1.67. The van der Waals surface area contributed by atoms with Crippen LogP contribution in [-0.2, 0) is 4.79 Å². The molecule has 0 saturated carbocycles. The van der Waals surface area contributed by atoms with Crippen LogP contribution in [0.15, 0.2) is 42.5 Å². The molecule has 7 heteroatoms. The molecule has 1 aliphatic heterocycles. The van der Waals surface area contributed by atoms with Gasteiger partial charge in [-0.25, -0.2) is 0 Å². The minimum Gasteiger partial charge on any atom is -0.367 e. The highest BCUT2D eigenvalue weighted by molar-refractivity contribution is 6.33. The molecule has 0 aliphatic carbocycles. The molecule has 26 heavy (non-hydrogen) atoms. The second-order valence-corrected chi connectivity index (χ2v) is 6.96. The van der Waals surface area contributed by atoms with E-state index in [4.69, 9.17) is 23.2 Å². The zero-order valence-corrected chi connectivity index (χ0v) is 15.8. The Bertz CT molecular complexity index is 816. The number of benzene rings is 2. The summed E-state index contributed by atoms with van der Waals surface area (Å²) in [6, 6.07) is 12.1. The minimum absolute atomic E-state index is 0.0935. The molecule has 0 radical (unpaired) electrons. The molecule has 0 aromatic heterocycles. The molecule has 3 rings (SSSR count). The monoisotopic (exact) mass is 391 g/mol. The van der Waals surface area contributed by atoms with Crippen LogP contribution >= 0.6 is 23.2 Å². The maximum absolute atomic E-state index is 12.3. The number of amides is 2. The summed E-state index contributed by atoms with van der Waals surface area (Å²) in [5.41, 5.74) is 2.05. The summed E-state index contributed by atoms with van der Waals surface area (Å²) in [6.07, 6.45) is 0. The number of nitrogens with one attached hydrogen (secondary N) is 1. The number of piperazine rings is 1. The first-order valence-electron chi connectivity index (χ1n) is 8.31. The van der Waals surface area contributed by atoms with Crippen LogP contribution in [0.1, 0.15) is 17.3 Å². The van der Waals surface area contributed by atoms with Gasteiger partial charge in [0, 0.05) is 49.4 Å². The van der Waals surface area contributed by atoms with Crippen molar-refractivity contribution < 1.29 is 9.59 Å². The predicted octanol–water partition coefficient (Wildman–Crippen LogP) is 3.91. The van der Waals surface area contributed by atoms with E-state index < -0.39 is 0 Å². The third-order valence-corrected chi connectivity index (χ3v) is 4.93. The van der Waals surface area contributed by atoms with E-state index in [1.54, 1.807) is 37.3 Å². The summed E-state index contributed by atoms with van der Waals surface area (Å²) in [6.45, 7) is 4.41. The quantitative estimate of drug-likeness (QED) is 0.862. The molecule has 1 N–H and O–H groups in total. The van der Waals surface area contributed by atoms with Crippen molar-refractivity contribution in [2.45, 2.75) is 6.92 Å². The Morgan fingerprint density at radius 2 is 1.62 bits per heavy atom. The van der Waals surface area contributed by atoms with Gasteiger partial charge in [0.2, 0.25) is 5.91 Å². The predicted molar refractivity (Wildman–Crippen MR) is 105 cm³/mol. The fourth-order valence-corrected chi connectivity index (χ4v) is 3.33. The second-order valence-electron chi connectivity index (χ2n) is 6.12. The second kappa shape index (κ2) is 7.98. The summed E-state index contributed by atoms with van der Waals surface area (Å²) in [5, 5.41) is 3.98. The lowest BCUT2D eigenvalue weighted by molar-refractivity contribution is -0.129. The van der Waals surface area contributed by atoms with Gasteiger partial charge in [0.15, 0.2) is 0 Å². The van der Waals surface area contributed by atoms with Gasteiger partial charge in [-0.05, 0) is 42.5 Å². The fourth-order valence-electron chi connectivity index (χ4n) is 2.91. The average Bonchev–Trinajstić information content (AvgIpc) is 2.62. The third-order valence-electron chi connectivity index (χ3n) is 4.38. The van der Waals surface area contributed by atoms with E-state index in [1.165, 1.54) is 0 Å². The van der Waals surface area contributed by atoms with Gasteiger partial charge >= 0.3 is 0 Å². The van der Waals surface area contributed by atoms with Crippen LogP contribution in [0.3, 0.4) is 0 Å². The van der Waals surface area contributed by atoms with Gasteiger partial charge in [-0.15, -0.1) is 0 Å². The van der Waals surface area contributed by atoms with Gasteiger partial charge in [0.05, 0.1) is 10.7 Å². The molecule has 2 aromatic carbocycles. The highest BCUT2D eigenvalue weighted by Crippen LogP contribution is 2.30. The van der Waals surface area contributed by atoms with Crippen LogP contribution in [0.25, 0.3) is 0 Å². The lowest BCUT2D eigenvalue weighted by atomic mass is 10.2. The molecule has 1 heterocycles. The average molecular weight is 392 g/mol. The van der Waals surface area contributed by atoms with Gasteiger partial charge in [-0.3, -0.25) is 9.59 Å². The Labute approximate surface area is 162 Å². The van der Waals surface area contributed by atoms with Crippen molar-refractivity contribution in [2.75, 3.05) is 36.4 Å². The molecular weight excluding hydrogens is 373 g/mol. The van der Waals surface area contributed by atoms with E-state index in [2.05, 4.69) is 10.2 Å². The molecule has 0 spiro atoms. The van der Waals surface area contributed by atoms with Crippen molar-refractivity contribution >= 4 is 46.4 Å². The summed E-state index contributed by atoms with van der Waals surface area (Å²) in [4.78, 5) is 27.7. The molecule has 1 aliphatic rings. The van der Waals surface area contributed by atoms with Crippen LogP contribution in [0, 0.1) is 0 Å². The molecule has 0 unspecified atom stereocenters. The van der Waals surface area contributed by atoms with Crippen LogP contribution in [0.5, 0.6) is 0 Å². The number of carbonyl (C=O) groups excluding carboxylic acids is 2. The third kappa shape index (κ3) is 4.29. The summed E-state index contributed by atoms with van der Waals surface area (Å²) >= 11 is 12.3. The Hall–Kier alpha value is -2.24. The number of anilines is 2. The fraction of sp³-hybridized carbons (Fsp3) is 0.263. The topological polar surface area (TPSA) is 52.7 Å². The smallest absolute Gasteiger partial charge is 0.255 e. The van der Waals surface area contributed by atoms with Crippen molar-refractivity contribution in [3.05, 3.63) is 58.1 Å². The minimum atomic E-state index is -0.222. The first-order valence-corrected chi connectivity index (χ1v) is 9.06. The van der Waals surface area contributed by atoms with Crippen LogP contribution in [-0.4, -0.2) is 42.9 Å². The molecule has 0 atom stereocenters. The van der Waals surface area contributed by atoms with E-state index in [9.17, 15) is 9.59 Å².